The molecule has 1 aromatic carbocycles. The van der Waals surface area contributed by atoms with E-state index >= 15 is 0 Å². The van der Waals surface area contributed by atoms with E-state index in [1.807, 2.05) is 12.1 Å². The summed E-state index contributed by atoms with van der Waals surface area (Å²) in [6, 6.07) is 8.26. The van der Waals surface area contributed by atoms with Crippen molar-refractivity contribution < 1.29 is 17.9 Å². The van der Waals surface area contributed by atoms with Gasteiger partial charge >= 0.3 is 6.18 Å². The number of ether oxygens (including phenoxy) is 1. The van der Waals surface area contributed by atoms with E-state index in [1.165, 1.54) is 6.20 Å². The molecule has 0 fully saturated rings. The molecule has 1 aromatic heterocycles. The van der Waals surface area contributed by atoms with Crippen LogP contribution in [0.1, 0.15) is 22.7 Å². The zero-order valence-electron chi connectivity index (χ0n) is 12.1. The summed E-state index contributed by atoms with van der Waals surface area (Å²) >= 11 is 0. The quantitative estimate of drug-likeness (QED) is 0.902. The molecule has 23 heavy (non-hydrogen) atoms. The van der Waals surface area contributed by atoms with Gasteiger partial charge in [0, 0.05) is 18.7 Å². The van der Waals surface area contributed by atoms with Crippen LogP contribution < -0.4 is 5.73 Å². The van der Waals surface area contributed by atoms with Gasteiger partial charge in [0.2, 0.25) is 0 Å². The second-order valence-electron chi connectivity index (χ2n) is 5.25. The summed E-state index contributed by atoms with van der Waals surface area (Å²) in [5, 5.41) is 0. The van der Waals surface area contributed by atoms with Crippen molar-refractivity contribution in [1.29, 1.82) is 0 Å². The van der Waals surface area contributed by atoms with E-state index in [-0.39, 0.29) is 18.3 Å². The lowest BCUT2D eigenvalue weighted by Crippen LogP contribution is -2.24. The van der Waals surface area contributed by atoms with Gasteiger partial charge in [0.25, 0.3) is 0 Å². The molecule has 0 spiro atoms. The van der Waals surface area contributed by atoms with Crippen LogP contribution in [0, 0.1) is 0 Å². The Kier molecular flexibility index (Phi) is 5.29. The molecule has 1 unspecified atom stereocenters. The molecular weight excluding hydrogens is 329 g/mol. The first-order chi connectivity index (χ1) is 10.5. The summed E-state index contributed by atoms with van der Waals surface area (Å²) in [7, 11) is 0. The third-order valence-corrected chi connectivity index (χ3v) is 3.86. The molecule has 2 aromatic rings. The third kappa shape index (κ3) is 3.49. The van der Waals surface area contributed by atoms with Crippen LogP contribution in [0.15, 0.2) is 36.5 Å². The minimum Gasteiger partial charge on any atom is -0.376 e. The van der Waals surface area contributed by atoms with Gasteiger partial charge in [-0.3, -0.25) is 4.98 Å². The van der Waals surface area contributed by atoms with Crippen molar-refractivity contribution in [2.75, 3.05) is 13.2 Å². The second-order valence-corrected chi connectivity index (χ2v) is 5.25. The zero-order valence-corrected chi connectivity index (χ0v) is 13.0. The number of halogens is 4. The average molecular weight is 345 g/mol. The van der Waals surface area contributed by atoms with E-state index < -0.39 is 11.9 Å². The molecule has 0 saturated heterocycles. The maximum atomic E-state index is 12.8. The molecular formula is C16H16ClF3N2O. The van der Waals surface area contributed by atoms with Crippen LogP contribution in [0.3, 0.4) is 0 Å². The van der Waals surface area contributed by atoms with Gasteiger partial charge in [0.15, 0.2) is 0 Å². The molecule has 0 bridgehead atoms. The Labute approximate surface area is 138 Å². The highest BCUT2D eigenvalue weighted by Crippen LogP contribution is 2.36. The fraction of sp³-hybridized carbons (Fsp3) is 0.312. The number of hydrogen-bond acceptors (Lipinski definition) is 3. The molecule has 0 amide bonds. The predicted octanol–water partition coefficient (Wildman–Crippen LogP) is 3.76. The van der Waals surface area contributed by atoms with Gasteiger partial charge in [-0.1, -0.05) is 18.2 Å². The van der Waals surface area contributed by atoms with Crippen LogP contribution in [-0.4, -0.2) is 18.1 Å². The average Bonchev–Trinajstić information content (AvgIpc) is 2.53. The highest BCUT2D eigenvalue weighted by molar-refractivity contribution is 5.85. The summed E-state index contributed by atoms with van der Waals surface area (Å²) in [6.45, 7) is 1.36. The van der Waals surface area contributed by atoms with Gasteiger partial charge in [0.05, 0.1) is 13.2 Å². The number of hydrogen-bond donors (Lipinski definition) is 1. The number of aromatic nitrogens is 1. The summed E-state index contributed by atoms with van der Waals surface area (Å²) in [4.78, 5) is 3.40. The van der Waals surface area contributed by atoms with Crippen LogP contribution >= 0.6 is 12.4 Å². The molecule has 2 N–H and O–H groups in total. The van der Waals surface area contributed by atoms with Crippen molar-refractivity contribution in [2.24, 2.45) is 5.73 Å². The molecule has 124 valence electrons. The summed E-state index contributed by atoms with van der Waals surface area (Å²) in [6.07, 6.45) is -3.28. The molecule has 1 aliphatic rings. The van der Waals surface area contributed by atoms with Crippen LogP contribution in [0.25, 0.3) is 11.1 Å². The van der Waals surface area contributed by atoms with Crippen LogP contribution in [0.2, 0.25) is 0 Å². The number of nitrogens with two attached hydrogens (primary N) is 1. The fourth-order valence-corrected chi connectivity index (χ4v) is 2.76. The van der Waals surface area contributed by atoms with Crippen LogP contribution in [0.4, 0.5) is 13.2 Å². The van der Waals surface area contributed by atoms with E-state index in [1.54, 1.807) is 12.1 Å². The van der Waals surface area contributed by atoms with Crippen molar-refractivity contribution >= 4 is 12.4 Å². The highest BCUT2D eigenvalue weighted by Gasteiger charge is 2.33. The molecule has 3 rings (SSSR count). The summed E-state index contributed by atoms with van der Waals surface area (Å²) in [5.74, 6) is 0.0765. The summed E-state index contributed by atoms with van der Waals surface area (Å²) in [5.41, 5.74) is 8.04. The molecule has 0 saturated carbocycles. The maximum Gasteiger partial charge on any atom is 0.433 e. The number of alkyl halides is 3. The molecule has 0 radical (unpaired) electrons. The second kappa shape index (κ2) is 6.86. The molecule has 3 nitrogen and oxygen atoms in total. The first kappa shape index (κ1) is 17.7. The molecule has 0 aliphatic carbocycles. The van der Waals surface area contributed by atoms with Crippen LogP contribution in [-0.2, 0) is 17.5 Å². The minimum absolute atomic E-state index is 0. The van der Waals surface area contributed by atoms with Gasteiger partial charge in [-0.05, 0) is 34.4 Å². The first-order valence-electron chi connectivity index (χ1n) is 6.94. The lowest BCUT2D eigenvalue weighted by molar-refractivity contribution is -0.141. The fourth-order valence-electron chi connectivity index (χ4n) is 2.76. The van der Waals surface area contributed by atoms with Gasteiger partial charge in [-0.2, -0.15) is 13.2 Å². The van der Waals surface area contributed by atoms with Crippen molar-refractivity contribution in [2.45, 2.75) is 18.7 Å². The Hall–Kier alpha value is -1.63. The van der Waals surface area contributed by atoms with Gasteiger partial charge in [-0.25, -0.2) is 0 Å². The van der Waals surface area contributed by atoms with Crippen molar-refractivity contribution in [1.82, 2.24) is 4.98 Å². The molecule has 1 aliphatic heterocycles. The third-order valence-electron chi connectivity index (χ3n) is 3.86. The van der Waals surface area contributed by atoms with Gasteiger partial charge in [0.1, 0.15) is 5.69 Å². The van der Waals surface area contributed by atoms with Crippen molar-refractivity contribution in [3.63, 3.8) is 0 Å². The Morgan fingerprint density at radius 2 is 2.04 bits per heavy atom. The molecule has 7 heteroatoms. The number of fused-ring (bicyclic) bond motifs is 1. The number of benzene rings is 1. The Morgan fingerprint density at radius 3 is 2.74 bits per heavy atom. The number of nitrogens with zero attached hydrogens (tertiary/aromatic N) is 1. The summed E-state index contributed by atoms with van der Waals surface area (Å²) < 4.78 is 44.0. The van der Waals surface area contributed by atoms with E-state index in [2.05, 4.69) is 4.98 Å². The topological polar surface area (TPSA) is 48.1 Å². The minimum atomic E-state index is -4.46. The largest absolute Gasteiger partial charge is 0.433 e. The van der Waals surface area contributed by atoms with E-state index in [0.29, 0.717) is 25.3 Å². The predicted molar refractivity (Wildman–Crippen MR) is 83.4 cm³/mol. The monoisotopic (exact) mass is 344 g/mol. The van der Waals surface area contributed by atoms with E-state index in [0.717, 1.165) is 22.8 Å². The Balaban J connectivity index is 0.00000192. The molecule has 2 heterocycles. The van der Waals surface area contributed by atoms with Gasteiger partial charge in [-0.15, -0.1) is 12.4 Å². The highest BCUT2D eigenvalue weighted by atomic mass is 35.5. The van der Waals surface area contributed by atoms with E-state index in [4.69, 9.17) is 10.5 Å². The van der Waals surface area contributed by atoms with Crippen molar-refractivity contribution in [3.05, 3.63) is 53.3 Å². The normalized spacial score (nSPS) is 17.3. The van der Waals surface area contributed by atoms with Gasteiger partial charge < -0.3 is 10.5 Å². The lowest BCUT2D eigenvalue weighted by Gasteiger charge is -2.26. The molecule has 1 atom stereocenters. The zero-order chi connectivity index (χ0) is 15.7. The van der Waals surface area contributed by atoms with E-state index in [9.17, 15) is 13.2 Å². The van der Waals surface area contributed by atoms with Crippen molar-refractivity contribution in [3.8, 4) is 11.1 Å². The van der Waals surface area contributed by atoms with Crippen LogP contribution in [0.5, 0.6) is 0 Å². The first-order valence-corrected chi connectivity index (χ1v) is 6.94. The Bertz CT molecular complexity index is 691. The Morgan fingerprint density at radius 1 is 1.26 bits per heavy atom. The number of rotatable bonds is 2. The number of pyridine rings is 1. The maximum absolute atomic E-state index is 12.8. The SMILES string of the molecule is Cl.NCC1COCc2c(-c3ccnc(C(F)(F)F)c3)cccc21. The smallest absolute Gasteiger partial charge is 0.376 e. The lowest BCUT2D eigenvalue weighted by atomic mass is 9.88. The standard InChI is InChI=1S/C16H15F3N2O.ClH/c17-16(18,19)15-6-10(4-5-21-15)12-2-1-3-13-11(7-20)8-22-9-14(12)13;/h1-6,11H,7-9,20H2;1H.